The van der Waals surface area contributed by atoms with E-state index in [0.29, 0.717) is 42.9 Å². The molecular weight excluding hydrogens is 383 g/mol. The van der Waals surface area contributed by atoms with Crippen molar-refractivity contribution >= 4 is 11.8 Å². The molecule has 0 aromatic heterocycles. The molecule has 5 heteroatoms. The van der Waals surface area contributed by atoms with Gasteiger partial charge in [0.15, 0.2) is 5.78 Å². The zero-order chi connectivity index (χ0) is 21.8. The first-order valence-corrected chi connectivity index (χ1v) is 12.1. The molecule has 4 rings (SSSR count). The Morgan fingerprint density at radius 3 is 2.53 bits per heavy atom. The zero-order valence-electron chi connectivity index (χ0n) is 19.0. The summed E-state index contributed by atoms with van der Waals surface area (Å²) in [6, 6.07) is 0. The molecule has 0 aliphatic heterocycles. The maximum absolute atomic E-state index is 14.2. The van der Waals surface area contributed by atoms with Crippen LogP contribution in [-0.4, -0.2) is 36.2 Å². The van der Waals surface area contributed by atoms with Gasteiger partial charge in [-0.25, -0.2) is 4.39 Å². The molecule has 4 saturated carbocycles. The average molecular weight is 423 g/mol. The minimum absolute atomic E-state index is 0.00599. The van der Waals surface area contributed by atoms with Crippen molar-refractivity contribution in [2.75, 3.05) is 7.11 Å². The molecule has 0 aromatic carbocycles. The van der Waals surface area contributed by atoms with Crippen LogP contribution in [0.15, 0.2) is 0 Å². The van der Waals surface area contributed by atoms with Crippen molar-refractivity contribution in [3.63, 3.8) is 0 Å². The average Bonchev–Trinajstić information content (AvgIpc) is 3.08. The van der Waals surface area contributed by atoms with Crippen LogP contribution >= 0.6 is 0 Å². The van der Waals surface area contributed by atoms with Gasteiger partial charge in [-0.1, -0.05) is 20.8 Å². The number of ketones is 1. The molecule has 0 aromatic rings. The van der Waals surface area contributed by atoms with Gasteiger partial charge in [-0.3, -0.25) is 9.59 Å². The van der Waals surface area contributed by atoms with Crippen molar-refractivity contribution in [2.45, 2.75) is 90.8 Å². The van der Waals surface area contributed by atoms with Gasteiger partial charge in [0.05, 0.1) is 7.11 Å². The smallest absolute Gasteiger partial charge is 0.305 e. The highest BCUT2D eigenvalue weighted by Crippen LogP contribution is 2.67. The monoisotopic (exact) mass is 422 g/mol. The summed E-state index contributed by atoms with van der Waals surface area (Å²) in [5.41, 5.74) is -0.0715. The number of carbonyl (C=O) groups is 2. The molecule has 0 bridgehead atoms. The molecule has 10 atom stereocenters. The van der Waals surface area contributed by atoms with Crippen LogP contribution in [0.25, 0.3) is 0 Å². The summed E-state index contributed by atoms with van der Waals surface area (Å²) in [5, 5.41) is 11.2. The van der Waals surface area contributed by atoms with Crippen molar-refractivity contribution in [2.24, 2.45) is 46.3 Å². The van der Waals surface area contributed by atoms with Crippen LogP contribution in [0, 0.1) is 46.3 Å². The summed E-state index contributed by atoms with van der Waals surface area (Å²) in [5.74, 6) is 1.00. The van der Waals surface area contributed by atoms with E-state index >= 15 is 0 Å². The quantitative estimate of drug-likeness (QED) is 0.666. The number of rotatable bonds is 4. The number of aliphatic hydroxyl groups excluding tert-OH is 1. The fourth-order valence-electron chi connectivity index (χ4n) is 8.59. The van der Waals surface area contributed by atoms with E-state index < -0.39 is 12.3 Å². The molecule has 4 aliphatic rings. The Bertz CT molecular complexity index is 695. The molecule has 1 N–H and O–H groups in total. The van der Waals surface area contributed by atoms with Crippen LogP contribution in [0.4, 0.5) is 4.39 Å². The van der Waals surface area contributed by atoms with Crippen molar-refractivity contribution in [1.82, 2.24) is 0 Å². The number of aliphatic hydroxyl groups is 1. The number of carbonyl (C=O) groups excluding carboxylic acids is 2. The summed E-state index contributed by atoms with van der Waals surface area (Å²) in [6.07, 6.45) is 5.31. The lowest BCUT2D eigenvalue weighted by Crippen LogP contribution is -2.62. The Kier molecular flexibility index (Phi) is 5.83. The van der Waals surface area contributed by atoms with E-state index in [1.807, 2.05) is 0 Å². The molecule has 0 spiro atoms. The van der Waals surface area contributed by atoms with E-state index in [9.17, 15) is 19.1 Å². The number of Topliss-reactive ketones (excluding diaryl/α,β-unsaturated/α-hetero) is 1. The number of ether oxygens (including phenoxy) is 1. The predicted octanol–water partition coefficient (Wildman–Crippen LogP) is 4.72. The Labute approximate surface area is 180 Å². The molecule has 30 heavy (non-hydrogen) atoms. The maximum Gasteiger partial charge on any atom is 0.305 e. The second-order valence-corrected chi connectivity index (χ2v) is 11.4. The van der Waals surface area contributed by atoms with Gasteiger partial charge in [0.1, 0.15) is 12.3 Å². The molecule has 0 heterocycles. The van der Waals surface area contributed by atoms with Gasteiger partial charge in [0.2, 0.25) is 0 Å². The predicted molar refractivity (Wildman–Crippen MR) is 112 cm³/mol. The first-order chi connectivity index (χ1) is 14.1. The highest BCUT2D eigenvalue weighted by molar-refractivity contribution is 5.87. The first-order valence-electron chi connectivity index (χ1n) is 12.1. The molecule has 3 unspecified atom stereocenters. The lowest BCUT2D eigenvalue weighted by atomic mass is 9.43. The van der Waals surface area contributed by atoms with Crippen LogP contribution < -0.4 is 0 Å². The van der Waals surface area contributed by atoms with Gasteiger partial charge in [0.25, 0.3) is 0 Å². The van der Waals surface area contributed by atoms with Crippen molar-refractivity contribution in [3.05, 3.63) is 0 Å². The van der Waals surface area contributed by atoms with E-state index in [1.165, 1.54) is 7.11 Å². The van der Waals surface area contributed by atoms with Gasteiger partial charge >= 0.3 is 5.97 Å². The number of halogens is 1. The second-order valence-electron chi connectivity index (χ2n) is 11.4. The van der Waals surface area contributed by atoms with Crippen molar-refractivity contribution < 1.29 is 23.8 Å². The van der Waals surface area contributed by atoms with E-state index in [4.69, 9.17) is 4.74 Å². The summed E-state index contributed by atoms with van der Waals surface area (Å²) in [7, 11) is 1.44. The molecule has 4 nitrogen and oxygen atoms in total. The summed E-state index contributed by atoms with van der Waals surface area (Å²) in [6.45, 7) is 6.82. The summed E-state index contributed by atoms with van der Waals surface area (Å²) >= 11 is 0. The third-order valence-corrected chi connectivity index (χ3v) is 10.3. The number of alkyl halides is 1. The number of hydrogen-bond acceptors (Lipinski definition) is 4. The summed E-state index contributed by atoms with van der Waals surface area (Å²) in [4.78, 5) is 24.8. The number of esters is 1. The largest absolute Gasteiger partial charge is 0.469 e. The molecule has 170 valence electrons. The van der Waals surface area contributed by atoms with Gasteiger partial charge in [-0.05, 0) is 91.8 Å². The van der Waals surface area contributed by atoms with Crippen LogP contribution in [-0.2, 0) is 14.3 Å². The normalized spacial score (nSPS) is 49.0. The molecule has 4 aliphatic carbocycles. The van der Waals surface area contributed by atoms with Crippen molar-refractivity contribution in [1.29, 1.82) is 0 Å². The fraction of sp³-hybridized carbons (Fsp3) is 0.920. The Balaban J connectivity index is 1.57. The zero-order valence-corrected chi connectivity index (χ0v) is 19.0. The Morgan fingerprint density at radius 2 is 1.83 bits per heavy atom. The minimum Gasteiger partial charge on any atom is -0.469 e. The van der Waals surface area contributed by atoms with Gasteiger partial charge in [-0.2, -0.15) is 0 Å². The molecule has 0 amide bonds. The lowest BCUT2D eigenvalue weighted by molar-refractivity contribution is -0.182. The Morgan fingerprint density at radius 1 is 1.17 bits per heavy atom. The number of methoxy groups -OCH3 is 1. The Hall–Kier alpha value is -0.970. The molecular formula is C25H39FO4. The van der Waals surface area contributed by atoms with Crippen LogP contribution in [0.1, 0.15) is 78.6 Å². The van der Waals surface area contributed by atoms with Crippen molar-refractivity contribution in [3.8, 4) is 0 Å². The topological polar surface area (TPSA) is 63.6 Å². The highest BCUT2D eigenvalue weighted by Gasteiger charge is 2.65. The van der Waals surface area contributed by atoms with Gasteiger partial charge in [-0.15, -0.1) is 0 Å². The number of hydrogen-bond donors (Lipinski definition) is 1. The third kappa shape index (κ3) is 3.25. The van der Waals surface area contributed by atoms with Crippen LogP contribution in [0.5, 0.6) is 0 Å². The SMILES string of the molecule is COC(=O)CC[C@@H](C)[C@H]1CCC2C3C(CC[C@@]21C)[C@@]1(C)CC[C@H](F)C[C@@H]1C(=O)[C@H]3O. The fourth-order valence-corrected chi connectivity index (χ4v) is 8.59. The van der Waals surface area contributed by atoms with Crippen LogP contribution in [0.3, 0.4) is 0 Å². The second kappa shape index (κ2) is 7.86. The molecule has 0 radical (unpaired) electrons. The highest BCUT2D eigenvalue weighted by atomic mass is 19.1. The summed E-state index contributed by atoms with van der Waals surface area (Å²) < 4.78 is 19.0. The minimum atomic E-state index is -0.938. The molecule has 0 saturated heterocycles. The third-order valence-electron chi connectivity index (χ3n) is 10.3. The molecule has 4 fully saturated rings. The van der Waals surface area contributed by atoms with E-state index in [-0.39, 0.29) is 34.4 Å². The lowest BCUT2D eigenvalue weighted by Gasteiger charge is -2.61. The van der Waals surface area contributed by atoms with Gasteiger partial charge < -0.3 is 9.84 Å². The number of fused-ring (bicyclic) bond motifs is 5. The van der Waals surface area contributed by atoms with Gasteiger partial charge in [0, 0.05) is 12.3 Å². The van der Waals surface area contributed by atoms with Crippen LogP contribution in [0.2, 0.25) is 0 Å². The first kappa shape index (κ1) is 22.2. The standard InChI is InChI=1S/C25H39FO4/c1-14(5-8-20(27)30-4)16-6-7-17-21-18(10-12-24(16,17)2)25(3)11-9-15(26)13-19(25)22(28)23(21)29/h14-19,21,23,29H,5-13H2,1-4H3/t14-,15+,16-,17?,18?,19-,21?,23+,24-,25-/m1/s1. The van der Waals surface area contributed by atoms with E-state index in [0.717, 1.165) is 38.5 Å². The van der Waals surface area contributed by atoms with E-state index in [1.54, 1.807) is 0 Å². The van der Waals surface area contributed by atoms with E-state index in [2.05, 4.69) is 20.8 Å². The maximum atomic E-state index is 14.2.